The molecule has 0 aromatic heterocycles. The van der Waals surface area contributed by atoms with Crippen molar-refractivity contribution in [2.24, 2.45) is 10.3 Å². The highest BCUT2D eigenvalue weighted by atomic mass is 16.4. The number of hydrogen-bond donors (Lipinski definition) is 2. The molecule has 4 nitrogen and oxygen atoms in total. The third-order valence-corrected chi connectivity index (χ3v) is 0.898. The monoisotopic (exact) mass is 142 g/mol. The first-order valence-electron chi connectivity index (χ1n) is 2.84. The number of oxime groups is 2. The Morgan fingerprint density at radius 2 is 2.20 bits per heavy atom. The largest absolute Gasteiger partial charge is 0.411 e. The predicted octanol–water partition coefficient (Wildman–Crippen LogP) is 1.24. The van der Waals surface area contributed by atoms with E-state index in [0.717, 1.165) is 6.21 Å². The normalized spacial score (nSPS) is 13.5. The minimum Gasteiger partial charge on any atom is -0.411 e. The van der Waals surface area contributed by atoms with Gasteiger partial charge in [-0.2, -0.15) is 0 Å². The molecule has 10 heavy (non-hydrogen) atoms. The lowest BCUT2D eigenvalue weighted by Crippen LogP contribution is -1.97. The van der Waals surface area contributed by atoms with Gasteiger partial charge < -0.3 is 10.4 Å². The van der Waals surface area contributed by atoms with Crippen molar-refractivity contribution in [2.75, 3.05) is 0 Å². The van der Waals surface area contributed by atoms with Crippen molar-refractivity contribution in [2.45, 2.75) is 13.3 Å². The van der Waals surface area contributed by atoms with Crippen LogP contribution in [0.25, 0.3) is 0 Å². The third kappa shape index (κ3) is 3.65. The van der Waals surface area contributed by atoms with Gasteiger partial charge in [0, 0.05) is 6.42 Å². The summed E-state index contributed by atoms with van der Waals surface area (Å²) < 4.78 is 0. The van der Waals surface area contributed by atoms with E-state index < -0.39 is 0 Å². The van der Waals surface area contributed by atoms with Gasteiger partial charge in [-0.25, -0.2) is 0 Å². The van der Waals surface area contributed by atoms with Crippen LogP contribution in [0.4, 0.5) is 0 Å². The first-order valence-corrected chi connectivity index (χ1v) is 2.84. The summed E-state index contributed by atoms with van der Waals surface area (Å²) in [4.78, 5) is 0. The Morgan fingerprint density at radius 3 is 2.60 bits per heavy atom. The van der Waals surface area contributed by atoms with Crippen LogP contribution < -0.4 is 0 Å². The summed E-state index contributed by atoms with van der Waals surface area (Å²) in [6.07, 6.45) is 5.16. The molecule has 0 rings (SSSR count). The van der Waals surface area contributed by atoms with Gasteiger partial charge in [-0.1, -0.05) is 22.5 Å². The summed E-state index contributed by atoms with van der Waals surface area (Å²) in [6, 6.07) is 0. The van der Waals surface area contributed by atoms with Gasteiger partial charge >= 0.3 is 0 Å². The minimum atomic E-state index is 0.320. The summed E-state index contributed by atoms with van der Waals surface area (Å²) in [7, 11) is 0. The molecule has 0 saturated carbocycles. The van der Waals surface area contributed by atoms with E-state index in [1.54, 1.807) is 6.08 Å². The van der Waals surface area contributed by atoms with E-state index in [2.05, 4.69) is 10.3 Å². The second-order valence-corrected chi connectivity index (χ2v) is 1.61. The van der Waals surface area contributed by atoms with Crippen molar-refractivity contribution >= 4 is 11.9 Å². The van der Waals surface area contributed by atoms with Crippen LogP contribution in [0, 0.1) is 0 Å². The zero-order valence-electron chi connectivity index (χ0n) is 5.73. The number of hydrogen-bond acceptors (Lipinski definition) is 4. The first-order chi connectivity index (χ1) is 4.85. The molecule has 4 heteroatoms. The molecule has 0 aliphatic rings. The highest BCUT2D eigenvalue weighted by Gasteiger charge is 1.90. The molecule has 0 bridgehead atoms. The lowest BCUT2D eigenvalue weighted by atomic mass is 10.3. The summed E-state index contributed by atoms with van der Waals surface area (Å²) in [5.41, 5.74) is 0.320. The van der Waals surface area contributed by atoms with Crippen molar-refractivity contribution < 1.29 is 10.4 Å². The molecular formula is C6H10N2O2. The van der Waals surface area contributed by atoms with Gasteiger partial charge in [-0.3, -0.25) is 0 Å². The van der Waals surface area contributed by atoms with Gasteiger partial charge in [0.25, 0.3) is 0 Å². The Morgan fingerprint density at radius 1 is 1.50 bits per heavy atom. The van der Waals surface area contributed by atoms with E-state index in [4.69, 9.17) is 10.4 Å². The number of nitrogens with zero attached hydrogens (tertiary/aromatic N) is 2. The van der Waals surface area contributed by atoms with Crippen LogP contribution in [0.2, 0.25) is 0 Å². The van der Waals surface area contributed by atoms with E-state index in [1.807, 2.05) is 13.0 Å². The average Bonchev–Trinajstić information content (AvgIpc) is 1.98. The fourth-order valence-corrected chi connectivity index (χ4v) is 0.425. The second kappa shape index (κ2) is 5.81. The fraction of sp³-hybridized carbons (Fsp3) is 0.333. The molecule has 0 aliphatic heterocycles. The Hall–Kier alpha value is -1.32. The third-order valence-electron chi connectivity index (χ3n) is 0.898. The van der Waals surface area contributed by atoms with Crippen LogP contribution in [0.15, 0.2) is 22.5 Å². The second-order valence-electron chi connectivity index (χ2n) is 1.61. The van der Waals surface area contributed by atoms with E-state index in [-0.39, 0.29) is 0 Å². The van der Waals surface area contributed by atoms with Crippen molar-refractivity contribution in [3.8, 4) is 0 Å². The van der Waals surface area contributed by atoms with Gasteiger partial charge in [0.1, 0.15) is 5.71 Å². The quantitative estimate of drug-likeness (QED) is 0.269. The van der Waals surface area contributed by atoms with E-state index in [0.29, 0.717) is 12.1 Å². The van der Waals surface area contributed by atoms with Crippen LogP contribution >= 0.6 is 0 Å². The Labute approximate surface area is 59.2 Å². The molecule has 0 aromatic carbocycles. The fourth-order valence-electron chi connectivity index (χ4n) is 0.425. The van der Waals surface area contributed by atoms with Crippen molar-refractivity contribution in [1.29, 1.82) is 0 Å². The Bertz CT molecular complexity index is 161. The Balaban J connectivity index is 3.85. The molecule has 0 aliphatic carbocycles. The standard InChI is InChI=1S/C6H10N2O2/c1-2-3-4-6(8-10)5-7-9/h2-3,5,9-10H,4H2,1H3. The lowest BCUT2D eigenvalue weighted by molar-refractivity contribution is 0.315. The SMILES string of the molecule is CC=CCC(C=NO)=NO. The molecule has 0 radical (unpaired) electrons. The Kier molecular flexibility index (Phi) is 5.04. The molecule has 0 fully saturated rings. The maximum absolute atomic E-state index is 8.24. The van der Waals surface area contributed by atoms with Crippen molar-refractivity contribution in [3.05, 3.63) is 12.2 Å². The summed E-state index contributed by atoms with van der Waals surface area (Å²) >= 11 is 0. The van der Waals surface area contributed by atoms with Crippen LogP contribution in [-0.2, 0) is 0 Å². The molecule has 56 valence electrons. The van der Waals surface area contributed by atoms with E-state index in [1.165, 1.54) is 0 Å². The van der Waals surface area contributed by atoms with Crippen molar-refractivity contribution in [3.63, 3.8) is 0 Å². The molecule has 0 atom stereocenters. The molecule has 0 aromatic rings. The number of rotatable bonds is 3. The van der Waals surface area contributed by atoms with Gasteiger partial charge in [0.15, 0.2) is 0 Å². The molecule has 0 saturated heterocycles. The van der Waals surface area contributed by atoms with Crippen LogP contribution in [0.5, 0.6) is 0 Å². The van der Waals surface area contributed by atoms with Crippen molar-refractivity contribution in [1.82, 2.24) is 0 Å². The predicted molar refractivity (Wildman–Crippen MR) is 38.9 cm³/mol. The van der Waals surface area contributed by atoms with Crippen LogP contribution in [0.3, 0.4) is 0 Å². The summed E-state index contributed by atoms with van der Waals surface area (Å²) in [5.74, 6) is 0. The summed E-state index contributed by atoms with van der Waals surface area (Å²) in [6.45, 7) is 1.85. The zero-order valence-corrected chi connectivity index (χ0v) is 5.73. The highest BCUT2D eigenvalue weighted by molar-refractivity contribution is 6.30. The van der Waals surface area contributed by atoms with Gasteiger partial charge in [0.2, 0.25) is 0 Å². The molecule has 0 heterocycles. The molecule has 0 amide bonds. The van der Waals surface area contributed by atoms with Gasteiger partial charge in [-0.15, -0.1) is 0 Å². The van der Waals surface area contributed by atoms with E-state index in [9.17, 15) is 0 Å². The van der Waals surface area contributed by atoms with Gasteiger partial charge in [0.05, 0.1) is 6.21 Å². The molecule has 0 spiro atoms. The maximum Gasteiger partial charge on any atom is 0.105 e. The van der Waals surface area contributed by atoms with Gasteiger partial charge in [-0.05, 0) is 6.92 Å². The van der Waals surface area contributed by atoms with Crippen LogP contribution in [-0.4, -0.2) is 22.3 Å². The zero-order chi connectivity index (χ0) is 7.82. The molecule has 2 N–H and O–H groups in total. The lowest BCUT2D eigenvalue weighted by Gasteiger charge is -1.87. The maximum atomic E-state index is 8.24. The minimum absolute atomic E-state index is 0.320. The molecule has 0 unspecified atom stereocenters. The molecular weight excluding hydrogens is 132 g/mol. The number of allylic oxidation sites excluding steroid dienone is 2. The average molecular weight is 142 g/mol. The van der Waals surface area contributed by atoms with E-state index >= 15 is 0 Å². The summed E-state index contributed by atoms with van der Waals surface area (Å²) in [5, 5.41) is 21.8. The highest BCUT2D eigenvalue weighted by Crippen LogP contribution is 1.85. The van der Waals surface area contributed by atoms with Crippen LogP contribution in [0.1, 0.15) is 13.3 Å². The topological polar surface area (TPSA) is 65.2 Å². The first kappa shape index (κ1) is 8.68. The smallest absolute Gasteiger partial charge is 0.105 e.